The third-order valence-electron chi connectivity index (χ3n) is 4.53. The zero-order chi connectivity index (χ0) is 18.0. The molecule has 6 heteroatoms. The summed E-state index contributed by atoms with van der Waals surface area (Å²) in [5.74, 6) is 0. The van der Waals surface area contributed by atoms with E-state index in [2.05, 4.69) is 16.7 Å². The first-order chi connectivity index (χ1) is 11.4. The number of hydrogen-bond acceptors (Lipinski definition) is 3. The fourth-order valence-electron chi connectivity index (χ4n) is 3.03. The lowest BCUT2D eigenvalue weighted by atomic mass is 10.1. The Morgan fingerprint density at radius 3 is 1.88 bits per heavy atom. The Kier molecular flexibility index (Phi) is 9.59. The third-order valence-corrected chi connectivity index (χ3v) is 6.25. The zero-order valence-corrected chi connectivity index (χ0v) is 16.7. The van der Waals surface area contributed by atoms with Crippen LogP contribution in [0.4, 0.5) is 0 Å². The molecule has 0 aliphatic rings. The van der Waals surface area contributed by atoms with Gasteiger partial charge in [0, 0.05) is 13.6 Å². The molecule has 1 aromatic rings. The summed E-state index contributed by atoms with van der Waals surface area (Å²) in [5, 5.41) is 4.18. The summed E-state index contributed by atoms with van der Waals surface area (Å²) in [6.07, 6.45) is 12.5. The van der Waals surface area contributed by atoms with Crippen molar-refractivity contribution in [1.29, 1.82) is 0 Å². The molecule has 24 heavy (non-hydrogen) atoms. The second-order valence-electron chi connectivity index (χ2n) is 6.70. The molecule has 1 heterocycles. The van der Waals surface area contributed by atoms with Crippen LogP contribution in [0.3, 0.4) is 0 Å². The van der Waals surface area contributed by atoms with Crippen LogP contribution in [0.2, 0.25) is 0 Å². The lowest BCUT2D eigenvalue weighted by Crippen LogP contribution is -2.25. The maximum atomic E-state index is 12.4. The number of nitrogens with one attached hydrogen (secondary N) is 1. The number of unbranched alkanes of at least 4 members (excludes halogenated alkanes) is 9. The van der Waals surface area contributed by atoms with E-state index in [1.165, 1.54) is 51.4 Å². The van der Waals surface area contributed by atoms with E-state index < -0.39 is 10.0 Å². The molecular weight excluding hydrogens is 322 g/mol. The minimum atomic E-state index is -3.44. The summed E-state index contributed by atoms with van der Waals surface area (Å²) in [6, 6.07) is 0. The van der Waals surface area contributed by atoms with Gasteiger partial charge in [0.25, 0.3) is 0 Å². The summed E-state index contributed by atoms with van der Waals surface area (Å²) < 4.78 is 29.1. The first-order valence-corrected chi connectivity index (χ1v) is 10.9. The maximum absolute atomic E-state index is 12.4. The van der Waals surface area contributed by atoms with Gasteiger partial charge in [-0.15, -0.1) is 0 Å². The predicted octanol–water partition coefficient (Wildman–Crippen LogP) is 4.24. The molecule has 0 bridgehead atoms. The largest absolute Gasteiger partial charge is 0.271 e. The molecule has 0 spiro atoms. The second-order valence-corrected chi connectivity index (χ2v) is 8.41. The number of sulfonamides is 1. The van der Waals surface area contributed by atoms with E-state index >= 15 is 0 Å². The Labute approximate surface area is 148 Å². The number of aryl methyl sites for hydroxylation is 2. The molecule has 0 unspecified atom stereocenters. The molecule has 1 N–H and O–H groups in total. The quantitative estimate of drug-likeness (QED) is 0.537. The smallest absolute Gasteiger partial charge is 0.244 e. The van der Waals surface area contributed by atoms with Gasteiger partial charge in [-0.3, -0.25) is 4.68 Å². The molecule has 0 amide bonds. The molecule has 1 rings (SSSR count). The molecule has 1 aromatic heterocycles. The molecule has 0 fully saturated rings. The van der Waals surface area contributed by atoms with Crippen LogP contribution in [0.15, 0.2) is 4.90 Å². The SMILES string of the molecule is CCCCCCCCCCCCNS(=O)(=O)c1c(C)nn(C)c1C. The first kappa shape index (κ1) is 21.2. The van der Waals surface area contributed by atoms with Crippen molar-refractivity contribution in [2.24, 2.45) is 7.05 Å². The summed E-state index contributed by atoms with van der Waals surface area (Å²) in [7, 11) is -1.68. The summed E-state index contributed by atoms with van der Waals surface area (Å²) in [4.78, 5) is 0.331. The van der Waals surface area contributed by atoms with Crippen LogP contribution < -0.4 is 4.72 Å². The highest BCUT2D eigenvalue weighted by atomic mass is 32.2. The Hall–Kier alpha value is -0.880. The van der Waals surface area contributed by atoms with Crippen molar-refractivity contribution in [2.75, 3.05) is 6.54 Å². The first-order valence-electron chi connectivity index (χ1n) is 9.40. The van der Waals surface area contributed by atoms with Crippen molar-refractivity contribution in [2.45, 2.75) is 89.9 Å². The van der Waals surface area contributed by atoms with Crippen molar-refractivity contribution in [3.05, 3.63) is 11.4 Å². The number of aromatic nitrogens is 2. The van der Waals surface area contributed by atoms with Gasteiger partial charge in [0.15, 0.2) is 0 Å². The van der Waals surface area contributed by atoms with Gasteiger partial charge in [0.05, 0.1) is 11.4 Å². The van der Waals surface area contributed by atoms with Crippen molar-refractivity contribution in [3.63, 3.8) is 0 Å². The van der Waals surface area contributed by atoms with Crippen molar-refractivity contribution in [1.82, 2.24) is 14.5 Å². The van der Waals surface area contributed by atoms with Crippen LogP contribution in [0.25, 0.3) is 0 Å². The van der Waals surface area contributed by atoms with E-state index in [0.717, 1.165) is 12.8 Å². The van der Waals surface area contributed by atoms with Crippen LogP contribution in [-0.2, 0) is 17.1 Å². The van der Waals surface area contributed by atoms with E-state index in [-0.39, 0.29) is 0 Å². The molecule has 5 nitrogen and oxygen atoms in total. The highest BCUT2D eigenvalue weighted by Gasteiger charge is 2.22. The van der Waals surface area contributed by atoms with Crippen molar-refractivity contribution >= 4 is 10.0 Å². The minimum Gasteiger partial charge on any atom is -0.271 e. The molecule has 0 saturated heterocycles. The summed E-state index contributed by atoms with van der Waals surface area (Å²) in [6.45, 7) is 6.27. The normalized spacial score (nSPS) is 12.0. The van der Waals surface area contributed by atoms with E-state index in [4.69, 9.17) is 0 Å². The van der Waals surface area contributed by atoms with Gasteiger partial charge in [0.2, 0.25) is 10.0 Å². The van der Waals surface area contributed by atoms with E-state index in [1.54, 1.807) is 25.6 Å². The summed E-state index contributed by atoms with van der Waals surface area (Å²) >= 11 is 0. The number of rotatable bonds is 13. The Morgan fingerprint density at radius 1 is 0.917 bits per heavy atom. The fraction of sp³-hybridized carbons (Fsp3) is 0.833. The molecule has 0 radical (unpaired) electrons. The van der Waals surface area contributed by atoms with Crippen LogP contribution in [-0.4, -0.2) is 24.7 Å². The summed E-state index contributed by atoms with van der Waals surface area (Å²) in [5.41, 5.74) is 1.24. The molecule has 0 aromatic carbocycles. The van der Waals surface area contributed by atoms with Gasteiger partial charge >= 0.3 is 0 Å². The number of nitrogens with zero attached hydrogens (tertiary/aromatic N) is 2. The third kappa shape index (κ3) is 6.93. The molecular formula is C18H35N3O2S. The van der Waals surface area contributed by atoms with Gasteiger partial charge in [-0.25, -0.2) is 13.1 Å². The zero-order valence-electron chi connectivity index (χ0n) is 15.9. The standard InChI is InChI=1S/C18H35N3O2S/c1-5-6-7-8-9-10-11-12-13-14-15-19-24(22,23)18-16(2)20-21(4)17(18)3/h19H,5-15H2,1-4H3. The van der Waals surface area contributed by atoms with Crippen molar-refractivity contribution in [3.8, 4) is 0 Å². The van der Waals surface area contributed by atoms with Crippen LogP contribution >= 0.6 is 0 Å². The molecule has 140 valence electrons. The molecule has 0 saturated carbocycles. The highest BCUT2D eigenvalue weighted by molar-refractivity contribution is 7.89. The van der Waals surface area contributed by atoms with Gasteiger partial charge < -0.3 is 0 Å². The van der Waals surface area contributed by atoms with Gasteiger partial charge in [-0.1, -0.05) is 64.7 Å². The fourth-order valence-corrected chi connectivity index (χ4v) is 4.54. The van der Waals surface area contributed by atoms with Crippen molar-refractivity contribution < 1.29 is 8.42 Å². The molecule has 0 aliphatic carbocycles. The lowest BCUT2D eigenvalue weighted by molar-refractivity contribution is 0.548. The Morgan fingerprint density at radius 2 is 1.42 bits per heavy atom. The monoisotopic (exact) mass is 357 g/mol. The average molecular weight is 358 g/mol. The Bertz CT molecular complexity index is 579. The van der Waals surface area contributed by atoms with Crippen LogP contribution in [0, 0.1) is 13.8 Å². The van der Waals surface area contributed by atoms with Gasteiger partial charge in [-0.05, 0) is 20.3 Å². The van der Waals surface area contributed by atoms with E-state index in [0.29, 0.717) is 22.8 Å². The Balaban J connectivity index is 2.16. The van der Waals surface area contributed by atoms with Crippen LogP contribution in [0.5, 0.6) is 0 Å². The van der Waals surface area contributed by atoms with E-state index in [1.807, 2.05) is 0 Å². The maximum Gasteiger partial charge on any atom is 0.244 e. The van der Waals surface area contributed by atoms with Gasteiger partial charge in [-0.2, -0.15) is 5.10 Å². The average Bonchev–Trinajstić information content (AvgIpc) is 2.78. The highest BCUT2D eigenvalue weighted by Crippen LogP contribution is 2.18. The lowest BCUT2D eigenvalue weighted by Gasteiger charge is -2.07. The van der Waals surface area contributed by atoms with E-state index in [9.17, 15) is 8.42 Å². The van der Waals surface area contributed by atoms with Crippen LogP contribution in [0.1, 0.15) is 82.5 Å². The minimum absolute atomic E-state index is 0.331. The predicted molar refractivity (Wildman–Crippen MR) is 99.7 cm³/mol. The van der Waals surface area contributed by atoms with Gasteiger partial charge in [0.1, 0.15) is 4.90 Å². The topological polar surface area (TPSA) is 64.0 Å². The molecule has 0 atom stereocenters. The second kappa shape index (κ2) is 10.9. The molecule has 0 aliphatic heterocycles. The number of hydrogen-bond donors (Lipinski definition) is 1.